The molecule has 0 atom stereocenters. The zero-order valence-electron chi connectivity index (χ0n) is 15.5. The summed E-state index contributed by atoms with van der Waals surface area (Å²) in [5.74, 6) is 0.273. The molecule has 0 amide bonds. The second kappa shape index (κ2) is 7.46. The molecule has 0 radical (unpaired) electrons. The number of aromatic hydroxyl groups is 1. The van der Waals surface area contributed by atoms with Crippen LogP contribution >= 0.6 is 0 Å². The summed E-state index contributed by atoms with van der Waals surface area (Å²) in [7, 11) is 0. The lowest BCUT2D eigenvalue weighted by Gasteiger charge is -2.17. The highest BCUT2D eigenvalue weighted by atomic mass is 19.4. The summed E-state index contributed by atoms with van der Waals surface area (Å²) in [6, 6.07) is 4.18. The van der Waals surface area contributed by atoms with Crippen LogP contribution < -0.4 is 5.56 Å². The first-order chi connectivity index (χ1) is 13.9. The van der Waals surface area contributed by atoms with Crippen molar-refractivity contribution in [3.05, 3.63) is 46.6 Å². The van der Waals surface area contributed by atoms with E-state index in [0.29, 0.717) is 12.3 Å². The number of halogens is 3. The average molecular weight is 404 g/mol. The van der Waals surface area contributed by atoms with E-state index in [0.717, 1.165) is 31.9 Å². The van der Waals surface area contributed by atoms with Gasteiger partial charge in [0.15, 0.2) is 11.5 Å². The molecular weight excluding hydrogens is 385 g/mol. The van der Waals surface area contributed by atoms with E-state index in [1.165, 1.54) is 29.0 Å². The van der Waals surface area contributed by atoms with E-state index < -0.39 is 22.8 Å². The number of nitrogens with zero attached hydrogens (tertiary/aromatic N) is 4. The molecule has 3 heterocycles. The van der Waals surface area contributed by atoms with Crippen LogP contribution in [0.15, 0.2) is 35.4 Å². The van der Waals surface area contributed by atoms with Gasteiger partial charge in [-0.3, -0.25) is 14.3 Å². The topological polar surface area (TPSA) is 80.9 Å². The largest absolute Gasteiger partial charge is 0.506 e. The van der Waals surface area contributed by atoms with Gasteiger partial charge in [0.25, 0.3) is 5.56 Å². The van der Waals surface area contributed by atoms with Gasteiger partial charge in [-0.1, -0.05) is 25.7 Å². The van der Waals surface area contributed by atoms with Crippen LogP contribution in [0.1, 0.15) is 37.8 Å². The smallest absolute Gasteiger partial charge is 0.434 e. The number of hydrogen-bond acceptors (Lipinski definition) is 5. The minimum absolute atomic E-state index is 0.0536. The van der Waals surface area contributed by atoms with E-state index in [1.54, 1.807) is 0 Å². The lowest BCUT2D eigenvalue weighted by Crippen LogP contribution is -2.27. The van der Waals surface area contributed by atoms with Crippen LogP contribution in [0.3, 0.4) is 0 Å². The highest BCUT2D eigenvalue weighted by Crippen LogP contribution is 2.33. The fraction of sp³-hybridized carbons (Fsp3) is 0.400. The van der Waals surface area contributed by atoms with Crippen LogP contribution in [-0.4, -0.2) is 24.6 Å². The Morgan fingerprint density at radius 2 is 1.90 bits per heavy atom. The minimum Gasteiger partial charge on any atom is -0.506 e. The highest BCUT2D eigenvalue weighted by Gasteiger charge is 2.36. The third-order valence-corrected chi connectivity index (χ3v) is 5.37. The van der Waals surface area contributed by atoms with E-state index in [-0.39, 0.29) is 29.3 Å². The van der Waals surface area contributed by atoms with E-state index >= 15 is 0 Å². The number of hydrogen-bond donors (Lipinski definition) is 1. The summed E-state index contributed by atoms with van der Waals surface area (Å²) in [5, 5.41) is 9.64. The maximum Gasteiger partial charge on any atom is 0.434 e. The molecule has 4 rings (SSSR count). The van der Waals surface area contributed by atoms with Gasteiger partial charge in [-0.2, -0.15) is 13.2 Å². The molecule has 3 aromatic heterocycles. The molecule has 1 fully saturated rings. The van der Waals surface area contributed by atoms with Crippen LogP contribution in [0.2, 0.25) is 0 Å². The highest BCUT2D eigenvalue weighted by molar-refractivity contribution is 5.82. The quantitative estimate of drug-likeness (QED) is 0.706. The van der Waals surface area contributed by atoms with Crippen molar-refractivity contribution in [2.24, 2.45) is 5.92 Å². The Morgan fingerprint density at radius 1 is 1.14 bits per heavy atom. The Bertz CT molecular complexity index is 1110. The summed E-state index contributed by atoms with van der Waals surface area (Å²) >= 11 is 0. The van der Waals surface area contributed by atoms with Crippen LogP contribution in [0.4, 0.5) is 13.2 Å². The lowest BCUT2D eigenvalue weighted by molar-refractivity contribution is -0.139. The molecule has 1 N–H and O–H groups in total. The molecule has 3 aromatic rings. The molecule has 0 unspecified atom stereocenters. The van der Waals surface area contributed by atoms with E-state index in [9.17, 15) is 23.1 Å². The lowest BCUT2D eigenvalue weighted by atomic mass is 10.0. The number of fused-ring (bicyclic) bond motifs is 1. The van der Waals surface area contributed by atoms with E-state index in [1.807, 2.05) is 0 Å². The maximum atomic E-state index is 13.5. The van der Waals surface area contributed by atoms with Crippen molar-refractivity contribution in [2.75, 3.05) is 0 Å². The molecule has 1 aliphatic carbocycles. The van der Waals surface area contributed by atoms with Crippen molar-refractivity contribution in [2.45, 2.75) is 44.8 Å². The van der Waals surface area contributed by atoms with Crippen LogP contribution in [-0.2, 0) is 12.7 Å². The predicted molar refractivity (Wildman–Crippen MR) is 100 cm³/mol. The number of pyridine rings is 2. The van der Waals surface area contributed by atoms with Crippen LogP contribution in [0.5, 0.6) is 5.75 Å². The van der Waals surface area contributed by atoms with Gasteiger partial charge in [0.2, 0.25) is 0 Å². The summed E-state index contributed by atoms with van der Waals surface area (Å²) < 4.78 is 41.6. The van der Waals surface area contributed by atoms with Gasteiger partial charge in [-0.05, 0) is 30.5 Å². The maximum absolute atomic E-state index is 13.5. The van der Waals surface area contributed by atoms with Crippen molar-refractivity contribution in [3.8, 4) is 17.3 Å². The third kappa shape index (κ3) is 3.68. The molecule has 152 valence electrons. The van der Waals surface area contributed by atoms with Gasteiger partial charge < -0.3 is 5.11 Å². The molecule has 0 aliphatic heterocycles. The first-order valence-electron chi connectivity index (χ1n) is 9.47. The van der Waals surface area contributed by atoms with Gasteiger partial charge in [-0.25, -0.2) is 9.97 Å². The zero-order chi connectivity index (χ0) is 20.6. The standard InChI is InChI=1S/C20H19F3N4O2/c21-20(22,23)17-15-13(7-10-25-17)26-18(16-14(28)6-3-9-24-16)27(19(15)29)11-8-12-4-1-2-5-12/h3,6-7,9-10,12,28H,1-2,4-5,8,11H2. The first-order valence-corrected chi connectivity index (χ1v) is 9.47. The molecule has 0 aromatic carbocycles. The van der Waals surface area contributed by atoms with Crippen LogP contribution in [0, 0.1) is 5.92 Å². The fourth-order valence-electron chi connectivity index (χ4n) is 3.94. The van der Waals surface area contributed by atoms with Gasteiger partial charge in [-0.15, -0.1) is 0 Å². The Labute approximate surface area is 164 Å². The Morgan fingerprint density at radius 3 is 2.59 bits per heavy atom. The zero-order valence-corrected chi connectivity index (χ0v) is 15.5. The molecule has 6 nitrogen and oxygen atoms in total. The predicted octanol–water partition coefficient (Wildman–Crippen LogP) is 4.16. The van der Waals surface area contributed by atoms with Gasteiger partial charge in [0.1, 0.15) is 11.4 Å². The molecule has 9 heteroatoms. The normalized spacial score (nSPS) is 15.3. The van der Waals surface area contributed by atoms with Crippen LogP contribution in [0.25, 0.3) is 22.4 Å². The fourth-order valence-corrected chi connectivity index (χ4v) is 3.94. The summed E-state index contributed by atoms with van der Waals surface area (Å²) in [6.45, 7) is 0.198. The van der Waals surface area contributed by atoms with E-state index in [4.69, 9.17) is 0 Å². The first kappa shape index (κ1) is 19.4. The molecular formula is C20H19F3N4O2. The Kier molecular flexibility index (Phi) is 4.97. The Hall–Kier alpha value is -2.97. The molecule has 0 spiro atoms. The molecule has 0 saturated heterocycles. The summed E-state index contributed by atoms with van der Waals surface area (Å²) in [4.78, 5) is 25.0. The van der Waals surface area contributed by atoms with Crippen molar-refractivity contribution >= 4 is 10.9 Å². The van der Waals surface area contributed by atoms with Gasteiger partial charge >= 0.3 is 6.18 Å². The average Bonchev–Trinajstić information content (AvgIpc) is 3.20. The van der Waals surface area contributed by atoms with Crippen molar-refractivity contribution in [3.63, 3.8) is 0 Å². The summed E-state index contributed by atoms with van der Waals surface area (Å²) in [6.07, 6.45) is 2.58. The second-order valence-corrected chi connectivity index (χ2v) is 7.25. The number of rotatable bonds is 4. The van der Waals surface area contributed by atoms with Crippen molar-refractivity contribution in [1.29, 1.82) is 0 Å². The molecule has 29 heavy (non-hydrogen) atoms. The second-order valence-electron chi connectivity index (χ2n) is 7.25. The van der Waals surface area contributed by atoms with E-state index in [2.05, 4.69) is 15.0 Å². The molecule has 1 saturated carbocycles. The van der Waals surface area contributed by atoms with Gasteiger partial charge in [0.05, 0.1) is 10.9 Å². The molecule has 0 bridgehead atoms. The van der Waals surface area contributed by atoms with Crippen molar-refractivity contribution < 1.29 is 18.3 Å². The third-order valence-electron chi connectivity index (χ3n) is 5.37. The SMILES string of the molecule is O=c1c2c(C(F)(F)F)nccc2nc(-c2ncccc2O)n1CCC1CCCC1. The van der Waals surface area contributed by atoms with Gasteiger partial charge in [0, 0.05) is 18.9 Å². The Balaban J connectivity index is 1.94. The van der Waals surface area contributed by atoms with Crippen molar-refractivity contribution in [1.82, 2.24) is 19.5 Å². The molecule has 1 aliphatic rings. The number of alkyl halides is 3. The number of aromatic nitrogens is 4. The minimum atomic E-state index is -4.78. The summed E-state index contributed by atoms with van der Waals surface area (Å²) in [5.41, 5.74) is -2.15. The monoisotopic (exact) mass is 404 g/mol.